The number of aromatic nitrogens is 1. The van der Waals surface area contributed by atoms with Crippen molar-refractivity contribution >= 4 is 16.7 Å². The summed E-state index contributed by atoms with van der Waals surface area (Å²) < 4.78 is 17.3. The maximum absolute atomic E-state index is 5.78. The first-order chi connectivity index (χ1) is 10.2. The summed E-state index contributed by atoms with van der Waals surface area (Å²) in [7, 11) is 0. The van der Waals surface area contributed by atoms with Crippen molar-refractivity contribution in [3.05, 3.63) is 35.2 Å². The van der Waals surface area contributed by atoms with E-state index >= 15 is 0 Å². The largest absolute Gasteiger partial charge is 0.441 e. The first kappa shape index (κ1) is 13.0. The van der Waals surface area contributed by atoms with Gasteiger partial charge in [-0.25, -0.2) is 4.98 Å². The lowest BCUT2D eigenvalue weighted by Gasteiger charge is -2.30. The van der Waals surface area contributed by atoms with E-state index in [0.29, 0.717) is 13.2 Å². The van der Waals surface area contributed by atoms with E-state index in [-0.39, 0.29) is 5.79 Å². The Morgan fingerprint density at radius 3 is 2.67 bits per heavy atom. The van der Waals surface area contributed by atoms with Gasteiger partial charge in [-0.1, -0.05) is 18.2 Å². The number of aryl methyl sites for hydroxylation is 2. The van der Waals surface area contributed by atoms with E-state index in [9.17, 15) is 0 Å². The van der Waals surface area contributed by atoms with Crippen molar-refractivity contribution in [2.75, 3.05) is 13.2 Å². The van der Waals surface area contributed by atoms with Crippen molar-refractivity contribution in [1.29, 1.82) is 0 Å². The molecule has 4 heteroatoms. The van der Waals surface area contributed by atoms with Gasteiger partial charge in [-0.3, -0.25) is 0 Å². The van der Waals surface area contributed by atoms with Gasteiger partial charge in [0, 0.05) is 25.3 Å². The van der Waals surface area contributed by atoms with Gasteiger partial charge in [0.2, 0.25) is 0 Å². The number of fused-ring (bicyclic) bond motifs is 1. The third-order valence-corrected chi connectivity index (χ3v) is 4.44. The molecule has 4 nitrogen and oxygen atoms in total. The highest BCUT2D eigenvalue weighted by molar-refractivity contribution is 5.90. The standard InChI is InChI=1S/C17H19NO3/c1-11-3-4-14(15-16(11)21-12(2)18-15)13-5-7-17(8-6-13)19-9-10-20-17/h3-5H,6-10H2,1-2H3. The van der Waals surface area contributed by atoms with Crippen LogP contribution in [0.3, 0.4) is 0 Å². The fraction of sp³-hybridized carbons (Fsp3) is 0.471. The highest BCUT2D eigenvalue weighted by Crippen LogP contribution is 2.40. The van der Waals surface area contributed by atoms with Crippen LogP contribution in [-0.2, 0) is 9.47 Å². The zero-order chi connectivity index (χ0) is 14.4. The average Bonchev–Trinajstić information content (AvgIpc) is 3.08. The number of allylic oxidation sites excluding steroid dienone is 1. The summed E-state index contributed by atoms with van der Waals surface area (Å²) in [4.78, 5) is 4.57. The molecule has 0 radical (unpaired) electrons. The van der Waals surface area contributed by atoms with Crippen LogP contribution < -0.4 is 0 Å². The minimum absolute atomic E-state index is 0.368. The van der Waals surface area contributed by atoms with Crippen molar-refractivity contribution in [3.8, 4) is 0 Å². The van der Waals surface area contributed by atoms with Gasteiger partial charge in [0.1, 0.15) is 5.52 Å². The first-order valence-corrected chi connectivity index (χ1v) is 7.51. The average molecular weight is 285 g/mol. The highest BCUT2D eigenvalue weighted by Gasteiger charge is 2.38. The Morgan fingerprint density at radius 1 is 1.14 bits per heavy atom. The Hall–Kier alpha value is -1.65. The van der Waals surface area contributed by atoms with Crippen molar-refractivity contribution in [2.45, 2.75) is 38.9 Å². The molecule has 0 N–H and O–H groups in total. The van der Waals surface area contributed by atoms with E-state index in [0.717, 1.165) is 41.8 Å². The molecule has 1 aliphatic carbocycles. The molecule has 1 fully saturated rings. The second kappa shape index (κ2) is 4.68. The minimum Gasteiger partial charge on any atom is -0.441 e. The molecule has 4 rings (SSSR count). The van der Waals surface area contributed by atoms with E-state index in [1.807, 2.05) is 6.92 Å². The van der Waals surface area contributed by atoms with Gasteiger partial charge in [0.05, 0.1) is 13.2 Å². The number of hydrogen-bond donors (Lipinski definition) is 0. The molecule has 1 saturated heterocycles. The molecule has 0 unspecified atom stereocenters. The van der Waals surface area contributed by atoms with Crippen molar-refractivity contribution in [2.24, 2.45) is 0 Å². The molecular weight excluding hydrogens is 266 g/mol. The molecule has 0 atom stereocenters. The summed E-state index contributed by atoms with van der Waals surface area (Å²) >= 11 is 0. The number of nitrogens with zero attached hydrogens (tertiary/aromatic N) is 1. The summed E-state index contributed by atoms with van der Waals surface area (Å²) in [6.07, 6.45) is 4.91. The van der Waals surface area contributed by atoms with E-state index in [1.165, 1.54) is 11.1 Å². The van der Waals surface area contributed by atoms with Gasteiger partial charge in [0.15, 0.2) is 17.3 Å². The molecule has 0 amide bonds. The zero-order valence-corrected chi connectivity index (χ0v) is 12.4. The lowest BCUT2D eigenvalue weighted by Crippen LogP contribution is -2.31. The summed E-state index contributed by atoms with van der Waals surface area (Å²) in [5.41, 5.74) is 5.51. The Balaban J connectivity index is 1.74. The van der Waals surface area contributed by atoms with E-state index < -0.39 is 0 Å². The normalized spacial score (nSPS) is 21.1. The maximum Gasteiger partial charge on any atom is 0.192 e. The molecule has 110 valence electrons. The van der Waals surface area contributed by atoms with Crippen LogP contribution in [0.4, 0.5) is 0 Å². The fourth-order valence-corrected chi connectivity index (χ4v) is 3.31. The van der Waals surface area contributed by atoms with Crippen molar-refractivity contribution in [3.63, 3.8) is 0 Å². The van der Waals surface area contributed by atoms with Gasteiger partial charge < -0.3 is 13.9 Å². The molecule has 1 aliphatic heterocycles. The number of ether oxygens (including phenoxy) is 2. The summed E-state index contributed by atoms with van der Waals surface area (Å²) in [6.45, 7) is 5.37. The predicted octanol–water partition coefficient (Wildman–Crippen LogP) is 3.76. The van der Waals surface area contributed by atoms with Crippen LogP contribution in [0, 0.1) is 13.8 Å². The minimum atomic E-state index is -0.368. The van der Waals surface area contributed by atoms with Crippen LogP contribution in [0.1, 0.15) is 36.3 Å². The number of hydrogen-bond acceptors (Lipinski definition) is 4. The van der Waals surface area contributed by atoms with Gasteiger partial charge in [-0.2, -0.15) is 0 Å². The Bertz CT molecular complexity index is 723. The molecular formula is C17H19NO3. The van der Waals surface area contributed by atoms with Gasteiger partial charge in [0.25, 0.3) is 0 Å². The number of rotatable bonds is 1. The van der Waals surface area contributed by atoms with Crippen LogP contribution >= 0.6 is 0 Å². The lowest BCUT2D eigenvalue weighted by molar-refractivity contribution is -0.159. The maximum atomic E-state index is 5.78. The summed E-state index contributed by atoms with van der Waals surface area (Å²) in [5, 5.41) is 0. The third-order valence-electron chi connectivity index (χ3n) is 4.44. The predicted molar refractivity (Wildman–Crippen MR) is 79.9 cm³/mol. The fourth-order valence-electron chi connectivity index (χ4n) is 3.31. The molecule has 0 saturated carbocycles. The summed E-state index contributed by atoms with van der Waals surface area (Å²) in [6, 6.07) is 4.26. The van der Waals surface area contributed by atoms with Crippen LogP contribution in [0.15, 0.2) is 22.6 Å². The quantitative estimate of drug-likeness (QED) is 0.800. The molecule has 2 heterocycles. The van der Waals surface area contributed by atoms with Crippen LogP contribution in [0.2, 0.25) is 0 Å². The van der Waals surface area contributed by atoms with Crippen molar-refractivity contribution < 1.29 is 13.9 Å². The van der Waals surface area contributed by atoms with Gasteiger partial charge >= 0.3 is 0 Å². The molecule has 1 aromatic carbocycles. The molecule has 21 heavy (non-hydrogen) atoms. The van der Waals surface area contributed by atoms with E-state index in [4.69, 9.17) is 13.9 Å². The number of oxazole rings is 1. The monoisotopic (exact) mass is 285 g/mol. The second-order valence-corrected chi connectivity index (χ2v) is 5.88. The Morgan fingerprint density at radius 2 is 1.95 bits per heavy atom. The van der Waals surface area contributed by atoms with Gasteiger partial charge in [-0.15, -0.1) is 0 Å². The number of benzene rings is 1. The molecule has 0 bridgehead atoms. The van der Waals surface area contributed by atoms with Crippen LogP contribution in [0.5, 0.6) is 0 Å². The third kappa shape index (κ3) is 2.10. The topological polar surface area (TPSA) is 44.5 Å². The summed E-state index contributed by atoms with van der Waals surface area (Å²) in [5.74, 6) is 0.350. The van der Waals surface area contributed by atoms with Crippen LogP contribution in [0.25, 0.3) is 16.7 Å². The highest BCUT2D eigenvalue weighted by atomic mass is 16.7. The smallest absolute Gasteiger partial charge is 0.192 e. The molecule has 1 aromatic heterocycles. The zero-order valence-electron chi connectivity index (χ0n) is 12.4. The Labute approximate surface area is 123 Å². The van der Waals surface area contributed by atoms with E-state index in [2.05, 4.69) is 30.1 Å². The van der Waals surface area contributed by atoms with E-state index in [1.54, 1.807) is 0 Å². The first-order valence-electron chi connectivity index (χ1n) is 7.51. The lowest BCUT2D eigenvalue weighted by atomic mass is 9.89. The second-order valence-electron chi connectivity index (χ2n) is 5.88. The molecule has 1 spiro atoms. The van der Waals surface area contributed by atoms with Crippen molar-refractivity contribution in [1.82, 2.24) is 4.98 Å². The Kier molecular flexibility index (Phi) is 2.91. The van der Waals surface area contributed by atoms with Gasteiger partial charge in [-0.05, 0) is 24.5 Å². The van der Waals surface area contributed by atoms with Crippen LogP contribution in [-0.4, -0.2) is 24.0 Å². The molecule has 2 aromatic rings. The molecule has 2 aliphatic rings. The SMILES string of the molecule is Cc1nc2c(C3=CCC4(CC3)OCCO4)ccc(C)c2o1.